The molecule has 0 heterocycles. The fraction of sp³-hybridized carbons (Fsp3) is 0.818. The molecule has 64 valence electrons. The van der Waals surface area contributed by atoms with Crippen LogP contribution in [-0.4, -0.2) is 0 Å². The average Bonchev–Trinajstić information content (AvgIpc) is 1.85. The fourth-order valence-corrected chi connectivity index (χ4v) is 2.15. The van der Waals surface area contributed by atoms with Gasteiger partial charge in [0.15, 0.2) is 0 Å². The third kappa shape index (κ3) is 2.08. The first-order chi connectivity index (χ1) is 5.11. The van der Waals surface area contributed by atoms with Gasteiger partial charge in [-0.3, -0.25) is 0 Å². The van der Waals surface area contributed by atoms with Gasteiger partial charge >= 0.3 is 0 Å². The van der Waals surface area contributed by atoms with Gasteiger partial charge in [-0.25, -0.2) is 0 Å². The highest BCUT2D eigenvalue weighted by molar-refractivity contribution is 5.17. The summed E-state index contributed by atoms with van der Waals surface area (Å²) in [6.45, 7) is 9.30. The monoisotopic (exact) mass is 152 g/mol. The van der Waals surface area contributed by atoms with E-state index in [-0.39, 0.29) is 0 Å². The molecule has 0 unspecified atom stereocenters. The topological polar surface area (TPSA) is 0 Å². The second kappa shape index (κ2) is 3.42. The highest BCUT2D eigenvalue weighted by Gasteiger charge is 2.16. The zero-order valence-corrected chi connectivity index (χ0v) is 8.28. The standard InChI is InChI=1S/C11H20/c1-8(2)11-6-5-9(3)7-10(11)4/h8-9H,5-7H2,1-4H3/t9-/m1/s1. The summed E-state index contributed by atoms with van der Waals surface area (Å²) in [6.07, 6.45) is 4.10. The van der Waals surface area contributed by atoms with Crippen molar-refractivity contribution in [1.82, 2.24) is 0 Å². The summed E-state index contributed by atoms with van der Waals surface area (Å²) in [5.41, 5.74) is 3.39. The molecule has 0 N–H and O–H groups in total. The van der Waals surface area contributed by atoms with Crippen LogP contribution in [0.3, 0.4) is 0 Å². The van der Waals surface area contributed by atoms with Crippen LogP contribution in [0.25, 0.3) is 0 Å². The van der Waals surface area contributed by atoms with E-state index in [1.165, 1.54) is 19.3 Å². The maximum absolute atomic E-state index is 2.36. The second-order valence-electron chi connectivity index (χ2n) is 4.31. The van der Waals surface area contributed by atoms with Crippen molar-refractivity contribution >= 4 is 0 Å². The van der Waals surface area contributed by atoms with Gasteiger partial charge < -0.3 is 0 Å². The van der Waals surface area contributed by atoms with Crippen molar-refractivity contribution in [1.29, 1.82) is 0 Å². The van der Waals surface area contributed by atoms with E-state index in [4.69, 9.17) is 0 Å². The Balaban J connectivity index is 2.70. The van der Waals surface area contributed by atoms with E-state index in [0.717, 1.165) is 11.8 Å². The molecule has 0 aromatic heterocycles. The second-order valence-corrected chi connectivity index (χ2v) is 4.31. The average molecular weight is 152 g/mol. The third-order valence-electron chi connectivity index (χ3n) is 2.81. The summed E-state index contributed by atoms with van der Waals surface area (Å²) < 4.78 is 0. The first kappa shape index (κ1) is 8.83. The molecule has 0 aromatic carbocycles. The minimum absolute atomic E-state index is 0.780. The van der Waals surface area contributed by atoms with Crippen LogP contribution in [-0.2, 0) is 0 Å². The zero-order chi connectivity index (χ0) is 8.43. The molecule has 0 aliphatic heterocycles. The van der Waals surface area contributed by atoms with Crippen LogP contribution in [0.2, 0.25) is 0 Å². The molecule has 1 aliphatic rings. The molecule has 0 nitrogen and oxygen atoms in total. The predicted molar refractivity (Wildman–Crippen MR) is 50.6 cm³/mol. The molecule has 0 spiro atoms. The molecule has 11 heavy (non-hydrogen) atoms. The van der Waals surface area contributed by atoms with E-state index < -0.39 is 0 Å². The van der Waals surface area contributed by atoms with Crippen molar-refractivity contribution in [2.75, 3.05) is 0 Å². The first-order valence-electron chi connectivity index (χ1n) is 4.79. The number of allylic oxidation sites excluding steroid dienone is 2. The summed E-state index contributed by atoms with van der Waals surface area (Å²) in [7, 11) is 0. The maximum Gasteiger partial charge on any atom is -0.0258 e. The van der Waals surface area contributed by atoms with Crippen molar-refractivity contribution < 1.29 is 0 Å². The lowest BCUT2D eigenvalue weighted by Gasteiger charge is -2.25. The summed E-state index contributed by atoms with van der Waals surface area (Å²) >= 11 is 0. The van der Waals surface area contributed by atoms with Crippen LogP contribution in [0.15, 0.2) is 11.1 Å². The molecule has 1 atom stereocenters. The maximum atomic E-state index is 2.36. The van der Waals surface area contributed by atoms with Crippen LogP contribution < -0.4 is 0 Å². The Morgan fingerprint density at radius 3 is 2.45 bits per heavy atom. The Morgan fingerprint density at radius 1 is 1.36 bits per heavy atom. The van der Waals surface area contributed by atoms with E-state index in [9.17, 15) is 0 Å². The minimum Gasteiger partial charge on any atom is -0.0736 e. The van der Waals surface area contributed by atoms with E-state index in [1.807, 2.05) is 0 Å². The van der Waals surface area contributed by atoms with E-state index in [1.54, 1.807) is 11.1 Å². The minimum atomic E-state index is 0.780. The summed E-state index contributed by atoms with van der Waals surface area (Å²) in [4.78, 5) is 0. The Kier molecular flexibility index (Phi) is 2.75. The lowest BCUT2D eigenvalue weighted by atomic mass is 9.81. The zero-order valence-electron chi connectivity index (χ0n) is 8.28. The first-order valence-corrected chi connectivity index (χ1v) is 4.79. The van der Waals surface area contributed by atoms with E-state index >= 15 is 0 Å². The molecular weight excluding hydrogens is 132 g/mol. The van der Waals surface area contributed by atoms with Gasteiger partial charge in [0.25, 0.3) is 0 Å². The molecule has 0 radical (unpaired) electrons. The van der Waals surface area contributed by atoms with Gasteiger partial charge in [0.2, 0.25) is 0 Å². The molecule has 0 heteroatoms. The fourth-order valence-electron chi connectivity index (χ4n) is 2.15. The number of hydrogen-bond acceptors (Lipinski definition) is 0. The van der Waals surface area contributed by atoms with Crippen LogP contribution in [0.5, 0.6) is 0 Å². The van der Waals surface area contributed by atoms with Crippen LogP contribution in [0.4, 0.5) is 0 Å². The van der Waals surface area contributed by atoms with Crippen molar-refractivity contribution in [3.05, 3.63) is 11.1 Å². The Labute approximate surface area is 70.7 Å². The lowest BCUT2D eigenvalue weighted by Crippen LogP contribution is -2.09. The van der Waals surface area contributed by atoms with Gasteiger partial charge in [-0.15, -0.1) is 0 Å². The summed E-state index contributed by atoms with van der Waals surface area (Å²) in [5.74, 6) is 1.71. The highest BCUT2D eigenvalue weighted by atomic mass is 14.2. The molecular formula is C11H20. The molecule has 0 fully saturated rings. The molecule has 0 bridgehead atoms. The third-order valence-corrected chi connectivity index (χ3v) is 2.81. The molecule has 1 rings (SSSR count). The van der Waals surface area contributed by atoms with Crippen molar-refractivity contribution in [3.8, 4) is 0 Å². The molecule has 0 saturated carbocycles. The van der Waals surface area contributed by atoms with E-state index in [0.29, 0.717) is 0 Å². The molecule has 0 aromatic rings. The number of rotatable bonds is 1. The van der Waals surface area contributed by atoms with Crippen molar-refractivity contribution in [2.24, 2.45) is 11.8 Å². The molecule has 0 saturated heterocycles. The summed E-state index contributed by atoms with van der Waals surface area (Å²) in [5, 5.41) is 0. The molecule has 0 amide bonds. The Bertz CT molecular complexity index is 163. The Morgan fingerprint density at radius 2 is 2.00 bits per heavy atom. The normalized spacial score (nSPS) is 26.5. The summed E-state index contributed by atoms with van der Waals surface area (Å²) in [6, 6.07) is 0. The quantitative estimate of drug-likeness (QED) is 0.502. The van der Waals surface area contributed by atoms with Gasteiger partial charge in [0.05, 0.1) is 0 Å². The largest absolute Gasteiger partial charge is 0.0736 e. The number of hydrogen-bond donors (Lipinski definition) is 0. The van der Waals surface area contributed by atoms with Gasteiger partial charge in [0, 0.05) is 0 Å². The Hall–Kier alpha value is -0.260. The van der Waals surface area contributed by atoms with Crippen LogP contribution in [0.1, 0.15) is 47.0 Å². The van der Waals surface area contributed by atoms with Gasteiger partial charge in [-0.1, -0.05) is 31.9 Å². The van der Waals surface area contributed by atoms with E-state index in [2.05, 4.69) is 27.7 Å². The lowest BCUT2D eigenvalue weighted by molar-refractivity contribution is 0.472. The van der Waals surface area contributed by atoms with Gasteiger partial charge in [0.1, 0.15) is 0 Å². The van der Waals surface area contributed by atoms with Crippen LogP contribution in [0, 0.1) is 11.8 Å². The SMILES string of the molecule is CC1=C(C(C)C)CC[C@@H](C)C1. The highest BCUT2D eigenvalue weighted by Crippen LogP contribution is 2.32. The van der Waals surface area contributed by atoms with Crippen molar-refractivity contribution in [2.45, 2.75) is 47.0 Å². The predicted octanol–water partition coefficient (Wildman–Crippen LogP) is 3.78. The van der Waals surface area contributed by atoms with Gasteiger partial charge in [-0.2, -0.15) is 0 Å². The molecule has 1 aliphatic carbocycles. The van der Waals surface area contributed by atoms with Gasteiger partial charge in [-0.05, 0) is 38.0 Å². The van der Waals surface area contributed by atoms with Crippen LogP contribution >= 0.6 is 0 Å². The van der Waals surface area contributed by atoms with Crippen molar-refractivity contribution in [3.63, 3.8) is 0 Å². The smallest absolute Gasteiger partial charge is 0.0258 e.